The third kappa shape index (κ3) is 14.1. The second kappa shape index (κ2) is 18.2. The molecule has 0 spiro atoms. The Labute approximate surface area is 278 Å². The Kier molecular flexibility index (Phi) is 15.4. The molecule has 2 aromatic carbocycles. The summed E-state index contributed by atoms with van der Waals surface area (Å²) in [5.41, 5.74) is 4.02. The topological polar surface area (TPSA) is 164 Å². The van der Waals surface area contributed by atoms with Gasteiger partial charge in [0.2, 0.25) is 6.29 Å². The van der Waals surface area contributed by atoms with E-state index in [9.17, 15) is 18.9 Å². The number of ether oxygens (including phenoxy) is 2. The van der Waals surface area contributed by atoms with E-state index in [1.807, 2.05) is 56.3 Å². The number of rotatable bonds is 17. The molecule has 2 aromatic rings. The standard InChI is InChI=1S/C34H52N3O9P/c1-10-26(18-31(38)44-33(23(6)7)45-32(39)25(9)46-47(41,42)43)27-13-16-30(37(19-21(2)3)20-22(4)5)29(17-27)36-34(40)35-28-14-11-24(8)12-15-28/h11-17,21-23,25-26,33H,10,18-20H2,1-9H3,(H2,35,36,40)(H2,41,42,43)/t25-,26?,33?/m0/s1. The molecule has 0 saturated carbocycles. The fraction of sp³-hybridized carbons (Fsp3) is 0.559. The van der Waals surface area contributed by atoms with Crippen LogP contribution < -0.4 is 15.5 Å². The molecule has 0 aliphatic carbocycles. The van der Waals surface area contributed by atoms with Gasteiger partial charge in [-0.15, -0.1) is 0 Å². The van der Waals surface area contributed by atoms with E-state index in [-0.39, 0.29) is 12.3 Å². The van der Waals surface area contributed by atoms with Crippen LogP contribution in [0.1, 0.15) is 85.3 Å². The van der Waals surface area contributed by atoms with Crippen LogP contribution in [-0.2, 0) is 28.2 Å². The predicted molar refractivity (Wildman–Crippen MR) is 183 cm³/mol. The van der Waals surface area contributed by atoms with Crippen molar-refractivity contribution >= 4 is 42.9 Å². The van der Waals surface area contributed by atoms with Crippen molar-refractivity contribution in [2.75, 3.05) is 28.6 Å². The summed E-state index contributed by atoms with van der Waals surface area (Å²) in [4.78, 5) is 58.9. The predicted octanol–water partition coefficient (Wildman–Crippen LogP) is 7.21. The van der Waals surface area contributed by atoms with Crippen LogP contribution in [0.15, 0.2) is 42.5 Å². The van der Waals surface area contributed by atoms with Crippen molar-refractivity contribution in [3.05, 3.63) is 53.6 Å². The number of urea groups is 1. The first-order valence-corrected chi connectivity index (χ1v) is 17.6. The third-order valence-electron chi connectivity index (χ3n) is 7.12. The number of hydrogen-bond acceptors (Lipinski definition) is 8. The molecule has 0 heterocycles. The first kappa shape index (κ1) is 39.7. The molecule has 0 fully saturated rings. The summed E-state index contributed by atoms with van der Waals surface area (Å²) >= 11 is 0. The molecular weight excluding hydrogens is 625 g/mol. The van der Waals surface area contributed by atoms with E-state index in [2.05, 4.69) is 47.8 Å². The first-order valence-electron chi connectivity index (χ1n) is 16.1. The van der Waals surface area contributed by atoms with Crippen LogP contribution in [0.2, 0.25) is 0 Å². The number of esters is 2. The Balaban J connectivity index is 2.33. The smallest absolute Gasteiger partial charge is 0.425 e. The number of nitrogens with one attached hydrogen (secondary N) is 2. The summed E-state index contributed by atoms with van der Waals surface area (Å²) < 4.78 is 26.2. The number of carbonyl (C=O) groups excluding carboxylic acids is 3. The average molecular weight is 678 g/mol. The van der Waals surface area contributed by atoms with E-state index in [0.29, 0.717) is 29.6 Å². The Morgan fingerprint density at radius 2 is 1.47 bits per heavy atom. The van der Waals surface area contributed by atoms with Crippen molar-refractivity contribution in [2.24, 2.45) is 17.8 Å². The van der Waals surface area contributed by atoms with Crippen LogP contribution in [-0.4, -0.2) is 53.2 Å². The van der Waals surface area contributed by atoms with Crippen molar-refractivity contribution in [3.8, 4) is 0 Å². The van der Waals surface area contributed by atoms with Gasteiger partial charge in [0.05, 0.1) is 17.8 Å². The number of phosphoric acid groups is 1. The summed E-state index contributed by atoms with van der Waals surface area (Å²) in [5.74, 6) is -1.69. The van der Waals surface area contributed by atoms with Gasteiger partial charge in [-0.2, -0.15) is 0 Å². The van der Waals surface area contributed by atoms with Crippen LogP contribution in [0.4, 0.5) is 21.9 Å². The van der Waals surface area contributed by atoms with Gasteiger partial charge in [-0.05, 0) is 67.9 Å². The van der Waals surface area contributed by atoms with E-state index < -0.39 is 44.1 Å². The van der Waals surface area contributed by atoms with Crippen LogP contribution in [0.3, 0.4) is 0 Å². The normalized spacial score (nSPS) is 13.7. The van der Waals surface area contributed by atoms with E-state index in [1.165, 1.54) is 0 Å². The fourth-order valence-corrected chi connectivity index (χ4v) is 5.39. The minimum atomic E-state index is -4.93. The van der Waals surface area contributed by atoms with Crippen LogP contribution in [0, 0.1) is 24.7 Å². The molecule has 2 amide bonds. The van der Waals surface area contributed by atoms with E-state index in [4.69, 9.17) is 19.3 Å². The Morgan fingerprint density at radius 1 is 0.872 bits per heavy atom. The largest absolute Gasteiger partial charge is 0.470 e. The molecular formula is C34H52N3O9P. The Bertz CT molecular complexity index is 1370. The highest BCUT2D eigenvalue weighted by molar-refractivity contribution is 7.46. The van der Waals surface area contributed by atoms with E-state index in [1.54, 1.807) is 13.8 Å². The monoisotopic (exact) mass is 677 g/mol. The van der Waals surface area contributed by atoms with Gasteiger partial charge in [0.15, 0.2) is 6.10 Å². The van der Waals surface area contributed by atoms with Crippen molar-refractivity contribution in [1.29, 1.82) is 0 Å². The van der Waals surface area contributed by atoms with Gasteiger partial charge in [0, 0.05) is 24.7 Å². The van der Waals surface area contributed by atoms with Gasteiger partial charge in [0.1, 0.15) is 0 Å². The number of benzene rings is 2. The van der Waals surface area contributed by atoms with Crippen molar-refractivity contribution in [2.45, 2.75) is 93.5 Å². The minimum absolute atomic E-state index is 0.0398. The molecule has 0 aliphatic heterocycles. The quantitative estimate of drug-likeness (QED) is 0.0764. The molecule has 47 heavy (non-hydrogen) atoms. The lowest BCUT2D eigenvalue weighted by atomic mass is 9.92. The van der Waals surface area contributed by atoms with Crippen LogP contribution in [0.5, 0.6) is 0 Å². The highest BCUT2D eigenvalue weighted by Gasteiger charge is 2.31. The molecule has 3 atom stereocenters. The first-order chi connectivity index (χ1) is 21.9. The van der Waals surface area contributed by atoms with Crippen LogP contribution >= 0.6 is 7.82 Å². The SMILES string of the molecule is CCC(CC(=O)OC(OC(=O)[C@H](C)OP(=O)(O)O)C(C)C)c1ccc(N(CC(C)C)CC(C)C)c(NC(=O)Nc2ccc(C)cc2)c1. The van der Waals surface area contributed by atoms with Crippen molar-refractivity contribution in [1.82, 2.24) is 0 Å². The molecule has 4 N–H and O–H groups in total. The maximum atomic E-state index is 13.2. The fourth-order valence-electron chi connectivity index (χ4n) is 4.89. The number of nitrogens with zero attached hydrogens (tertiary/aromatic N) is 1. The third-order valence-corrected chi connectivity index (χ3v) is 7.71. The highest BCUT2D eigenvalue weighted by atomic mass is 31.2. The molecule has 2 unspecified atom stereocenters. The lowest BCUT2D eigenvalue weighted by Gasteiger charge is -2.31. The molecule has 13 heteroatoms. The average Bonchev–Trinajstić information content (AvgIpc) is 2.94. The Morgan fingerprint density at radius 3 is 1.98 bits per heavy atom. The zero-order valence-corrected chi connectivity index (χ0v) is 29.9. The molecule has 12 nitrogen and oxygen atoms in total. The van der Waals surface area contributed by atoms with Crippen LogP contribution in [0.25, 0.3) is 0 Å². The van der Waals surface area contributed by atoms with Crippen molar-refractivity contribution < 1.29 is 42.7 Å². The molecule has 0 radical (unpaired) electrons. The second-order valence-electron chi connectivity index (χ2n) is 13.0. The molecule has 0 aromatic heterocycles. The molecule has 262 valence electrons. The summed E-state index contributed by atoms with van der Waals surface area (Å²) in [6, 6.07) is 12.9. The van der Waals surface area contributed by atoms with E-state index in [0.717, 1.165) is 36.8 Å². The van der Waals surface area contributed by atoms with Gasteiger partial charge in [0.25, 0.3) is 0 Å². The maximum absolute atomic E-state index is 13.2. The zero-order valence-electron chi connectivity index (χ0n) is 29.0. The number of aryl methyl sites for hydroxylation is 1. The summed E-state index contributed by atoms with van der Waals surface area (Å²) in [6.07, 6.45) is -2.33. The highest BCUT2D eigenvalue weighted by Crippen LogP contribution is 2.38. The van der Waals surface area contributed by atoms with Crippen molar-refractivity contribution in [3.63, 3.8) is 0 Å². The maximum Gasteiger partial charge on any atom is 0.470 e. The summed E-state index contributed by atoms with van der Waals surface area (Å²) in [6.45, 7) is 18.5. The summed E-state index contributed by atoms with van der Waals surface area (Å²) in [5, 5.41) is 5.93. The van der Waals surface area contributed by atoms with Gasteiger partial charge in [-0.1, -0.05) is 72.2 Å². The number of amides is 2. The molecule has 2 rings (SSSR count). The number of phosphoric ester groups is 1. The zero-order chi connectivity index (χ0) is 35.5. The summed E-state index contributed by atoms with van der Waals surface area (Å²) in [7, 11) is -4.93. The van der Waals surface area contributed by atoms with Gasteiger partial charge in [-0.25, -0.2) is 14.2 Å². The minimum Gasteiger partial charge on any atom is -0.425 e. The number of anilines is 3. The molecule has 0 bridgehead atoms. The Hall–Kier alpha value is -3.44. The van der Waals surface area contributed by atoms with E-state index >= 15 is 0 Å². The van der Waals surface area contributed by atoms with Gasteiger partial charge < -0.3 is 34.8 Å². The number of carbonyl (C=O) groups is 3. The number of hydrogen-bond donors (Lipinski definition) is 4. The molecule has 0 aliphatic rings. The molecule has 0 saturated heterocycles. The lowest BCUT2D eigenvalue weighted by Crippen LogP contribution is -2.34. The van der Waals surface area contributed by atoms with Gasteiger partial charge >= 0.3 is 25.8 Å². The lowest BCUT2D eigenvalue weighted by molar-refractivity contribution is -0.200. The van der Waals surface area contributed by atoms with Gasteiger partial charge in [-0.3, -0.25) is 9.32 Å². The second-order valence-corrected chi connectivity index (χ2v) is 14.2.